The van der Waals surface area contributed by atoms with E-state index in [4.69, 9.17) is 10.2 Å². The van der Waals surface area contributed by atoms with Gasteiger partial charge in [0, 0.05) is 0 Å². The maximum absolute atomic E-state index is 11.3. The average molecular weight is 688 g/mol. The molecule has 0 amide bonds. The molecule has 148 valence electrons. The van der Waals surface area contributed by atoms with Crippen molar-refractivity contribution in [3.05, 3.63) is 0 Å². The molecule has 0 saturated carbocycles. The summed E-state index contributed by atoms with van der Waals surface area (Å²) in [4.78, 5) is 44.4. The third-order valence-electron chi connectivity index (χ3n) is 2.16. The van der Waals surface area contributed by atoms with Gasteiger partial charge in [-0.2, -0.15) is 0 Å². The van der Waals surface area contributed by atoms with Crippen LogP contribution in [0.15, 0.2) is 0 Å². The van der Waals surface area contributed by atoms with Gasteiger partial charge in [0.1, 0.15) is 0 Å². The van der Waals surface area contributed by atoms with E-state index in [1.807, 2.05) is 0 Å². The molecule has 0 aromatic rings. The summed E-state index contributed by atoms with van der Waals surface area (Å²) in [7, 11) is -5.53. The van der Waals surface area contributed by atoms with Gasteiger partial charge in [0.2, 0.25) is 0 Å². The first-order valence-corrected chi connectivity index (χ1v) is 9.65. The summed E-state index contributed by atoms with van der Waals surface area (Å²) in [5.41, 5.74) is 0. The van der Waals surface area contributed by atoms with Crippen molar-refractivity contribution in [3.8, 4) is 0 Å². The fourth-order valence-electron chi connectivity index (χ4n) is 0.972. The second-order valence-electron chi connectivity index (χ2n) is 3.87. The zero-order chi connectivity index (χ0) is 19.9. The monoisotopic (exact) mass is 686 g/mol. The molecule has 0 aromatic carbocycles. The molecule has 4 N–H and O–H groups in total. The number of aliphatic hydroxyl groups is 4. The van der Waals surface area contributed by atoms with Crippen molar-refractivity contribution in [1.82, 2.24) is 0 Å². The van der Waals surface area contributed by atoms with E-state index in [2.05, 4.69) is 14.4 Å². The summed E-state index contributed by atoms with van der Waals surface area (Å²) in [5, 5.41) is 36.8. The maximum atomic E-state index is 11.3. The molecule has 0 spiro atoms. The van der Waals surface area contributed by atoms with Crippen LogP contribution in [-0.2, 0) is 44.0 Å². The van der Waals surface area contributed by atoms with Crippen molar-refractivity contribution in [2.45, 2.75) is 24.4 Å². The second-order valence-corrected chi connectivity index (χ2v) is 6.36. The molecule has 0 aliphatic carbocycles. The van der Waals surface area contributed by atoms with Gasteiger partial charge in [-0.1, -0.05) is 0 Å². The zero-order valence-corrected chi connectivity index (χ0v) is 19.2. The van der Waals surface area contributed by atoms with Gasteiger partial charge in [-0.05, 0) is 0 Å². The molecule has 0 rings (SSSR count). The van der Waals surface area contributed by atoms with Gasteiger partial charge in [0.05, 0.1) is 0 Å². The van der Waals surface area contributed by atoms with E-state index in [0.717, 1.165) is 0 Å². The van der Waals surface area contributed by atoms with Crippen molar-refractivity contribution in [2.24, 2.45) is 0 Å². The predicted octanol–water partition coefficient (Wildman–Crippen LogP) is -8.35. The molecule has 27 heavy (non-hydrogen) atoms. The zero-order valence-electron chi connectivity index (χ0n) is 11.7. The molecule has 19 heteroatoms. The van der Waals surface area contributed by atoms with E-state index in [1.165, 1.54) is 0 Å². The molecule has 0 fully saturated rings. The van der Waals surface area contributed by atoms with Gasteiger partial charge in [-0.25, -0.2) is 0 Å². The molecule has 0 saturated heterocycles. The van der Waals surface area contributed by atoms with Crippen LogP contribution >= 0.6 is 0 Å². The number of rotatable bonds is 8. The molecule has 4 atom stereocenters. The molecule has 0 heterocycles. The van der Waals surface area contributed by atoms with E-state index in [0.29, 0.717) is 0 Å². The van der Waals surface area contributed by atoms with Gasteiger partial charge < -0.3 is 0 Å². The average Bonchev–Trinajstić information content (AvgIpc) is 2.56. The fourth-order valence-corrected chi connectivity index (χ4v) is 2.40. The molecular formula is C8H14K2O14SSb2. The Morgan fingerprint density at radius 1 is 0.630 bits per heavy atom. The van der Waals surface area contributed by atoms with Crippen molar-refractivity contribution < 1.29 is 62.4 Å². The van der Waals surface area contributed by atoms with E-state index < -0.39 is 58.7 Å². The third-order valence-corrected chi connectivity index (χ3v) is 4.23. The number of carbonyl (C=O) groups is 4. The van der Waals surface area contributed by atoms with Gasteiger partial charge in [0.25, 0.3) is 0 Å². The van der Waals surface area contributed by atoms with E-state index >= 15 is 0 Å². The van der Waals surface area contributed by atoms with E-state index in [-0.39, 0.29) is 150 Å². The van der Waals surface area contributed by atoms with Crippen molar-refractivity contribution in [3.63, 3.8) is 0 Å². The van der Waals surface area contributed by atoms with Gasteiger partial charge in [0.15, 0.2) is 0 Å². The number of aliphatic hydroxyl groups excluding tert-OH is 4. The molecule has 0 aliphatic rings. The molecule has 0 bridgehead atoms. The summed E-state index contributed by atoms with van der Waals surface area (Å²) in [6, 6.07) is 0. The Balaban J connectivity index is -0.00000288. The first-order chi connectivity index (χ1) is 11.4. The molecular weight excluding hydrogens is 674 g/mol. The minimum absolute atomic E-state index is 0. The van der Waals surface area contributed by atoms with Gasteiger partial charge >= 0.3 is 271 Å². The molecule has 0 radical (unpaired) electrons. The van der Waals surface area contributed by atoms with Crippen LogP contribution in [0.5, 0.6) is 0 Å². The first kappa shape index (κ1) is 34.2. The Morgan fingerprint density at radius 3 is 1.07 bits per heavy atom. The van der Waals surface area contributed by atoms with Gasteiger partial charge in [-0.3, -0.25) is 0 Å². The number of hydrogen-bond acceptors (Lipinski definition) is 14. The van der Waals surface area contributed by atoms with Gasteiger partial charge in [-0.15, -0.1) is 0 Å². The molecule has 4 unspecified atom stereocenters. The van der Waals surface area contributed by atoms with Crippen LogP contribution in [0, 0.1) is 0 Å². The summed E-state index contributed by atoms with van der Waals surface area (Å²) >= 11 is -0.273. The second kappa shape index (κ2) is 16.2. The van der Waals surface area contributed by atoms with Crippen LogP contribution in [0.25, 0.3) is 0 Å². The van der Waals surface area contributed by atoms with Crippen molar-refractivity contribution >= 4 is 184 Å². The Bertz CT molecular complexity index is 593. The van der Waals surface area contributed by atoms with E-state index in [9.17, 15) is 37.8 Å². The quantitative estimate of drug-likeness (QED) is 0.174. The summed E-state index contributed by atoms with van der Waals surface area (Å²) < 4.78 is 38.0. The Morgan fingerprint density at radius 2 is 0.852 bits per heavy atom. The van der Waals surface area contributed by atoms with E-state index in [1.54, 1.807) is 0 Å². The molecule has 14 nitrogen and oxygen atoms in total. The topological polar surface area (TPSA) is 220 Å². The molecule has 0 aromatic heterocycles. The van der Waals surface area contributed by atoms with Crippen LogP contribution in [0.3, 0.4) is 0 Å². The standard InChI is InChI=1S/C8H10O14S.2K.2Sb.6H/c9-1(5(13)14)3(11)7(17)21-23(19,20)22-8(18)4(12)2(10)6(15)16;;;;;;;;;;/h1-4,9-12H,(H,13,14)(H,15,16);;;;;;;;;;/q;;;2*+1;;;;;;/p-2. The SMILES string of the molecule is O=C([O][SbH2])C(O)C(O)C(=O)OS(=O)(=O)OC(=O)C(O)C(O)C(=O)[O][SbH2].[KH].[KH]. The number of carbonyl (C=O) groups excluding carboxylic acids is 4. The normalized spacial score (nSPS) is 14.7. The summed E-state index contributed by atoms with van der Waals surface area (Å²) in [6.45, 7) is 0. The van der Waals surface area contributed by atoms with Crippen LogP contribution in [0.1, 0.15) is 0 Å². The predicted molar refractivity (Wildman–Crippen MR) is 88.7 cm³/mol. The van der Waals surface area contributed by atoms with Crippen molar-refractivity contribution in [2.75, 3.05) is 0 Å². The Labute approximate surface area is 265 Å². The van der Waals surface area contributed by atoms with Crippen LogP contribution < -0.4 is 0 Å². The summed E-state index contributed by atoms with van der Waals surface area (Å²) in [6.07, 6.45) is -10.3. The van der Waals surface area contributed by atoms with Crippen LogP contribution in [0.4, 0.5) is 0 Å². The first-order valence-electron chi connectivity index (χ1n) is 5.63. The fraction of sp³-hybridized carbons (Fsp3) is 0.500. The van der Waals surface area contributed by atoms with Crippen LogP contribution in [0.2, 0.25) is 0 Å². The summed E-state index contributed by atoms with van der Waals surface area (Å²) in [5.74, 6) is -7.11. The third kappa shape index (κ3) is 12.3. The Kier molecular flexibility index (Phi) is 20.6. The minimum atomic E-state index is -5.53. The Hall–Kier alpha value is 2.58. The number of hydrogen-bond donors (Lipinski definition) is 4. The molecule has 0 aliphatic heterocycles. The van der Waals surface area contributed by atoms with Crippen molar-refractivity contribution in [1.29, 1.82) is 0 Å². The van der Waals surface area contributed by atoms with Crippen LogP contribution in [-0.4, -0.2) is 227 Å².